The molecule has 126 valence electrons. The molecule has 1 unspecified atom stereocenters. The Kier molecular flexibility index (Phi) is 5.16. The third-order valence-corrected chi connectivity index (χ3v) is 4.45. The van der Waals surface area contributed by atoms with Crippen LogP contribution in [0.3, 0.4) is 0 Å². The van der Waals surface area contributed by atoms with Crippen LogP contribution in [0.25, 0.3) is 11.1 Å². The molecule has 0 spiro atoms. The fourth-order valence-electron chi connectivity index (χ4n) is 2.89. The second kappa shape index (κ2) is 7.49. The maximum Gasteiger partial charge on any atom is 0.318 e. The Bertz CT molecular complexity index is 666. The van der Waals surface area contributed by atoms with Crippen LogP contribution < -0.4 is 5.32 Å². The van der Waals surface area contributed by atoms with E-state index >= 15 is 0 Å². The highest BCUT2D eigenvalue weighted by molar-refractivity contribution is 5.75. The molecule has 1 saturated carbocycles. The zero-order valence-electron chi connectivity index (χ0n) is 14.0. The molecule has 0 radical (unpaired) electrons. The Morgan fingerprint density at radius 1 is 1.12 bits per heavy atom. The minimum Gasteiger partial charge on any atom is -0.395 e. The zero-order chi connectivity index (χ0) is 16.9. The van der Waals surface area contributed by atoms with Crippen LogP contribution in [-0.2, 0) is 0 Å². The van der Waals surface area contributed by atoms with Gasteiger partial charge in [-0.05, 0) is 36.5 Å². The van der Waals surface area contributed by atoms with Crippen molar-refractivity contribution in [1.82, 2.24) is 10.2 Å². The van der Waals surface area contributed by atoms with Crippen molar-refractivity contribution in [3.63, 3.8) is 0 Å². The van der Waals surface area contributed by atoms with Crippen molar-refractivity contribution < 1.29 is 9.90 Å². The fourth-order valence-corrected chi connectivity index (χ4v) is 2.89. The monoisotopic (exact) mass is 324 g/mol. The van der Waals surface area contributed by atoms with E-state index < -0.39 is 0 Å². The first kappa shape index (κ1) is 16.5. The summed E-state index contributed by atoms with van der Waals surface area (Å²) in [5.41, 5.74) is 3.42. The molecule has 2 aromatic carbocycles. The first-order valence-electron chi connectivity index (χ1n) is 8.52. The van der Waals surface area contributed by atoms with Crippen LogP contribution >= 0.6 is 0 Å². The zero-order valence-corrected chi connectivity index (χ0v) is 14.0. The molecule has 0 aromatic heterocycles. The van der Waals surface area contributed by atoms with E-state index in [4.69, 9.17) is 5.11 Å². The summed E-state index contributed by atoms with van der Waals surface area (Å²) in [5, 5.41) is 12.2. The molecule has 4 heteroatoms. The van der Waals surface area contributed by atoms with Crippen LogP contribution in [-0.4, -0.2) is 35.2 Å². The Morgan fingerprint density at radius 2 is 1.75 bits per heavy atom. The Hall–Kier alpha value is -2.33. The number of rotatable bonds is 6. The number of hydrogen-bond acceptors (Lipinski definition) is 2. The molecule has 0 saturated heterocycles. The van der Waals surface area contributed by atoms with Gasteiger partial charge in [0.05, 0.1) is 12.6 Å². The predicted octanol–water partition coefficient (Wildman–Crippen LogP) is 3.58. The van der Waals surface area contributed by atoms with Gasteiger partial charge in [-0.1, -0.05) is 54.6 Å². The molecule has 0 bridgehead atoms. The Labute approximate surface area is 143 Å². The van der Waals surface area contributed by atoms with Crippen LogP contribution in [0.15, 0.2) is 54.6 Å². The first-order chi connectivity index (χ1) is 11.7. The maximum atomic E-state index is 12.4. The average molecular weight is 324 g/mol. The number of carbonyl (C=O) groups is 1. The SMILES string of the molecule is CC(NC(=O)N(CCO)C1CC1)c1ccc(-c2ccccc2)cc1. The van der Waals surface area contributed by atoms with E-state index in [0.717, 1.165) is 24.0 Å². The molecule has 3 rings (SSSR count). The van der Waals surface area contributed by atoms with E-state index in [-0.39, 0.29) is 18.7 Å². The largest absolute Gasteiger partial charge is 0.395 e. The van der Waals surface area contributed by atoms with E-state index in [0.29, 0.717) is 12.6 Å². The molecular formula is C20H24N2O2. The van der Waals surface area contributed by atoms with E-state index in [1.165, 1.54) is 5.56 Å². The van der Waals surface area contributed by atoms with E-state index in [1.807, 2.05) is 25.1 Å². The maximum absolute atomic E-state index is 12.4. The lowest BCUT2D eigenvalue weighted by Crippen LogP contribution is -2.43. The number of nitrogens with zero attached hydrogens (tertiary/aromatic N) is 1. The quantitative estimate of drug-likeness (QED) is 0.853. The van der Waals surface area contributed by atoms with Crippen molar-refractivity contribution in [1.29, 1.82) is 0 Å². The number of carbonyl (C=O) groups excluding carboxylic acids is 1. The minimum absolute atomic E-state index is 0.00404. The molecule has 1 atom stereocenters. The number of nitrogens with one attached hydrogen (secondary N) is 1. The van der Waals surface area contributed by atoms with E-state index in [9.17, 15) is 4.79 Å². The summed E-state index contributed by atoms with van der Waals surface area (Å²) in [5.74, 6) is 0. The van der Waals surface area contributed by atoms with Crippen LogP contribution in [0.1, 0.15) is 31.4 Å². The van der Waals surface area contributed by atoms with Gasteiger partial charge in [0.1, 0.15) is 0 Å². The molecule has 1 fully saturated rings. The topological polar surface area (TPSA) is 52.6 Å². The lowest BCUT2D eigenvalue weighted by atomic mass is 10.0. The Balaban J connectivity index is 1.64. The summed E-state index contributed by atoms with van der Waals surface area (Å²) in [6.07, 6.45) is 2.07. The summed E-state index contributed by atoms with van der Waals surface area (Å²) in [6, 6.07) is 18.7. The normalized spacial score (nSPS) is 14.9. The molecule has 1 aliphatic rings. The van der Waals surface area contributed by atoms with Crippen LogP contribution in [0.4, 0.5) is 4.79 Å². The predicted molar refractivity (Wildman–Crippen MR) is 95.6 cm³/mol. The molecule has 2 amide bonds. The summed E-state index contributed by atoms with van der Waals surface area (Å²) in [6.45, 7) is 2.39. The van der Waals surface area contributed by atoms with Gasteiger partial charge in [-0.25, -0.2) is 4.79 Å². The third-order valence-electron chi connectivity index (χ3n) is 4.45. The minimum atomic E-state index is -0.0915. The molecule has 2 aromatic rings. The van der Waals surface area contributed by atoms with Gasteiger partial charge in [0.25, 0.3) is 0 Å². The van der Waals surface area contributed by atoms with Gasteiger partial charge >= 0.3 is 6.03 Å². The number of benzene rings is 2. The Morgan fingerprint density at radius 3 is 2.33 bits per heavy atom. The van der Waals surface area contributed by atoms with Gasteiger partial charge in [0.15, 0.2) is 0 Å². The second-order valence-corrected chi connectivity index (χ2v) is 6.31. The molecular weight excluding hydrogens is 300 g/mol. The number of aliphatic hydroxyl groups excluding tert-OH is 1. The number of urea groups is 1. The molecule has 2 N–H and O–H groups in total. The summed E-state index contributed by atoms with van der Waals surface area (Å²) in [4.78, 5) is 14.1. The standard InChI is InChI=1S/C20H24N2O2/c1-15(21-20(24)22(13-14-23)19-11-12-19)16-7-9-18(10-8-16)17-5-3-2-4-6-17/h2-10,15,19,23H,11-14H2,1H3,(H,21,24). The van der Waals surface area contributed by atoms with Crippen molar-refractivity contribution in [3.8, 4) is 11.1 Å². The molecule has 4 nitrogen and oxygen atoms in total. The second-order valence-electron chi connectivity index (χ2n) is 6.31. The molecule has 0 heterocycles. The van der Waals surface area contributed by atoms with E-state index in [2.05, 4.69) is 41.7 Å². The lowest BCUT2D eigenvalue weighted by molar-refractivity contribution is 0.171. The summed E-state index contributed by atoms with van der Waals surface area (Å²) in [7, 11) is 0. The van der Waals surface area contributed by atoms with Crippen molar-refractivity contribution in [3.05, 3.63) is 60.2 Å². The van der Waals surface area contributed by atoms with Crippen LogP contribution in [0.5, 0.6) is 0 Å². The highest BCUT2D eigenvalue weighted by atomic mass is 16.3. The average Bonchev–Trinajstić information content (AvgIpc) is 3.45. The van der Waals surface area contributed by atoms with Crippen LogP contribution in [0, 0.1) is 0 Å². The smallest absolute Gasteiger partial charge is 0.318 e. The highest BCUT2D eigenvalue weighted by Crippen LogP contribution is 2.27. The number of aliphatic hydroxyl groups is 1. The first-order valence-corrected chi connectivity index (χ1v) is 8.52. The fraction of sp³-hybridized carbons (Fsp3) is 0.350. The lowest BCUT2D eigenvalue weighted by Gasteiger charge is -2.24. The molecule has 24 heavy (non-hydrogen) atoms. The van der Waals surface area contributed by atoms with Gasteiger partial charge in [0.2, 0.25) is 0 Å². The van der Waals surface area contributed by atoms with Gasteiger partial charge in [-0.15, -0.1) is 0 Å². The molecule has 1 aliphatic carbocycles. The highest BCUT2D eigenvalue weighted by Gasteiger charge is 2.32. The van der Waals surface area contributed by atoms with Crippen molar-refractivity contribution in [2.45, 2.75) is 31.8 Å². The van der Waals surface area contributed by atoms with Crippen molar-refractivity contribution in [2.24, 2.45) is 0 Å². The van der Waals surface area contributed by atoms with Crippen LogP contribution in [0.2, 0.25) is 0 Å². The number of hydrogen-bond donors (Lipinski definition) is 2. The van der Waals surface area contributed by atoms with Gasteiger partial charge in [-0.2, -0.15) is 0 Å². The van der Waals surface area contributed by atoms with Gasteiger partial charge in [-0.3, -0.25) is 0 Å². The molecule has 0 aliphatic heterocycles. The van der Waals surface area contributed by atoms with Crippen molar-refractivity contribution in [2.75, 3.05) is 13.2 Å². The number of amides is 2. The summed E-state index contributed by atoms with van der Waals surface area (Å²) >= 11 is 0. The van der Waals surface area contributed by atoms with Gasteiger partial charge in [0, 0.05) is 12.6 Å². The van der Waals surface area contributed by atoms with Crippen molar-refractivity contribution >= 4 is 6.03 Å². The van der Waals surface area contributed by atoms with Gasteiger partial charge < -0.3 is 15.3 Å². The summed E-state index contributed by atoms with van der Waals surface area (Å²) < 4.78 is 0. The van der Waals surface area contributed by atoms with E-state index in [1.54, 1.807) is 4.90 Å². The third kappa shape index (κ3) is 3.95.